The molecule has 0 bridgehead atoms. The van der Waals surface area contributed by atoms with Crippen LogP contribution in [-0.2, 0) is 16.1 Å². The van der Waals surface area contributed by atoms with Gasteiger partial charge >= 0.3 is 17.7 Å². The minimum atomic E-state index is -5.30. The number of carbonyl (C=O) groups is 2. The van der Waals surface area contributed by atoms with Gasteiger partial charge in [0.1, 0.15) is 17.2 Å². The Hall–Kier alpha value is -5.10. The number of imide groups is 1. The van der Waals surface area contributed by atoms with Crippen molar-refractivity contribution in [2.45, 2.75) is 41.0 Å². The van der Waals surface area contributed by atoms with Crippen LogP contribution in [0.5, 0.6) is 11.5 Å². The van der Waals surface area contributed by atoms with E-state index in [0.29, 0.717) is 18.2 Å². The van der Waals surface area contributed by atoms with E-state index in [2.05, 4.69) is 4.74 Å². The number of phenolic OH excluding ortho intramolecular Hbond substituents is 1. The van der Waals surface area contributed by atoms with Crippen LogP contribution in [0.1, 0.15) is 23.9 Å². The molecule has 4 atom stereocenters. The van der Waals surface area contributed by atoms with E-state index >= 15 is 8.78 Å². The molecule has 3 aliphatic rings. The first-order valence-corrected chi connectivity index (χ1v) is 15.2. The van der Waals surface area contributed by atoms with Gasteiger partial charge in [-0.2, -0.15) is 0 Å². The maximum Gasteiger partial charge on any atom is 0.573 e. The number of alkyl halides is 5. The van der Waals surface area contributed by atoms with Gasteiger partial charge in [0.25, 0.3) is 11.8 Å². The van der Waals surface area contributed by atoms with Gasteiger partial charge in [-0.15, -0.1) is 36.4 Å². The Kier molecular flexibility index (Phi) is 7.54. The van der Waals surface area contributed by atoms with Crippen LogP contribution in [0.3, 0.4) is 0 Å². The van der Waals surface area contributed by atoms with Crippen LogP contribution in [0, 0.1) is 29.1 Å². The van der Waals surface area contributed by atoms with Crippen LogP contribution in [0.15, 0.2) is 69.8 Å². The van der Waals surface area contributed by atoms with E-state index in [9.17, 15) is 50.6 Å². The minimum Gasteiger partial charge on any atom is -0.508 e. The predicted molar refractivity (Wildman–Crippen MR) is 159 cm³/mol. The van der Waals surface area contributed by atoms with Crippen LogP contribution in [-0.4, -0.2) is 47.0 Å². The molecule has 2 aliphatic heterocycles. The van der Waals surface area contributed by atoms with E-state index < -0.39 is 121 Å². The van der Waals surface area contributed by atoms with E-state index in [1.807, 2.05) is 0 Å². The third-order valence-corrected chi connectivity index (χ3v) is 10.5. The Bertz CT molecular complexity index is 2330. The monoisotopic (exact) mass is 762 g/mol. The SMILES string of the molecule is O=C1N(c2c(F)c(F)c(F)c(F)c2F)C(=O)[C@@]2(Cl)[C@@H](c3cc(OC(F)(F)F)ccc3O)C3=CCn4c(=O)n(-c5ccccc5)c(=O)n4[C@@H]3C[C@@]12Cl. The van der Waals surface area contributed by atoms with Crippen molar-refractivity contribution in [3.05, 3.63) is 116 Å². The second-order valence-electron chi connectivity index (χ2n) is 11.7. The zero-order chi connectivity index (χ0) is 37.1. The van der Waals surface area contributed by atoms with E-state index in [4.69, 9.17) is 23.2 Å². The number of ether oxygens (including phenoxy) is 1. The third-order valence-electron chi connectivity index (χ3n) is 9.05. The number of aromatic hydroxyl groups is 1. The van der Waals surface area contributed by atoms with E-state index in [1.165, 1.54) is 30.3 Å². The van der Waals surface area contributed by atoms with Crippen LogP contribution in [0.4, 0.5) is 40.8 Å². The maximum absolute atomic E-state index is 15.2. The quantitative estimate of drug-likeness (QED) is 0.0755. The number of hydrogen-bond donors (Lipinski definition) is 1. The summed E-state index contributed by atoms with van der Waals surface area (Å²) in [6.07, 6.45) is -5.05. The maximum atomic E-state index is 15.2. The fourth-order valence-corrected chi connectivity index (χ4v) is 7.84. The lowest BCUT2D eigenvalue weighted by atomic mass is 9.64. The molecule has 1 N–H and O–H groups in total. The summed E-state index contributed by atoms with van der Waals surface area (Å²) in [5.41, 5.74) is -4.83. The molecule has 10 nitrogen and oxygen atoms in total. The van der Waals surface area contributed by atoms with Gasteiger partial charge in [-0.05, 0) is 35.9 Å². The Morgan fingerprint density at radius 2 is 1.43 bits per heavy atom. The molecule has 0 unspecified atom stereocenters. The zero-order valence-corrected chi connectivity index (χ0v) is 26.3. The number of aromatic nitrogens is 3. The number of benzene rings is 3. The standard InChI is InChI=1S/C31H16Cl2F8N4O6/c32-29-11-16-14(8-9-42-27(49)43(28(50)45(16)42)12-4-2-1-3-5-12)18(15-10-13(6-7-17(15)46)51-31(39,40)41)30(29,33)26(48)44(25(29)47)24-22(37)20(35)19(34)21(36)23(24)38/h1-8,10,16,18,46H,9,11H2/t16-,18-,29-,30+/m1/s1. The lowest BCUT2D eigenvalue weighted by Crippen LogP contribution is -2.59. The van der Waals surface area contributed by atoms with Crippen molar-refractivity contribution >= 4 is 40.7 Å². The summed E-state index contributed by atoms with van der Waals surface area (Å²) in [6, 6.07) is 7.75. The number of para-hydroxylation sites is 1. The molecule has 20 heteroatoms. The number of rotatable bonds is 4. The number of anilines is 1. The fourth-order valence-electron chi connectivity index (χ4n) is 6.93. The number of fused-ring (bicyclic) bond motifs is 4. The molecular formula is C31H16Cl2F8N4O6. The van der Waals surface area contributed by atoms with Gasteiger partial charge < -0.3 is 9.84 Å². The summed E-state index contributed by atoms with van der Waals surface area (Å²) >= 11 is 13.9. The molecular weight excluding hydrogens is 747 g/mol. The van der Waals surface area contributed by atoms with E-state index in [0.717, 1.165) is 13.9 Å². The van der Waals surface area contributed by atoms with Crippen molar-refractivity contribution < 1.29 is 54.6 Å². The van der Waals surface area contributed by atoms with Crippen molar-refractivity contribution in [1.29, 1.82) is 0 Å². The first-order chi connectivity index (χ1) is 23.8. The predicted octanol–water partition coefficient (Wildman–Crippen LogP) is 5.30. The van der Waals surface area contributed by atoms with Gasteiger partial charge in [-0.3, -0.25) is 9.59 Å². The summed E-state index contributed by atoms with van der Waals surface area (Å²) in [5.74, 6) is -20.7. The number of halogens is 10. The smallest absolute Gasteiger partial charge is 0.508 e. The normalized spacial score (nSPS) is 24.3. The summed E-state index contributed by atoms with van der Waals surface area (Å²) in [4.78, 5) is 49.3. The highest BCUT2D eigenvalue weighted by Crippen LogP contribution is 2.65. The summed E-state index contributed by atoms with van der Waals surface area (Å²) < 4.78 is 119. The van der Waals surface area contributed by atoms with Crippen LogP contribution >= 0.6 is 23.2 Å². The highest BCUT2D eigenvalue weighted by Gasteiger charge is 2.76. The molecule has 1 saturated carbocycles. The number of amides is 2. The number of carbonyl (C=O) groups excluding carboxylic acids is 2. The van der Waals surface area contributed by atoms with Gasteiger partial charge in [-0.25, -0.2) is 50.4 Å². The van der Waals surface area contributed by atoms with Crippen molar-refractivity contribution in [2.24, 2.45) is 0 Å². The van der Waals surface area contributed by atoms with Crippen LogP contribution in [0.2, 0.25) is 0 Å². The van der Waals surface area contributed by atoms with Gasteiger partial charge in [0.15, 0.2) is 33.0 Å². The Labute approximate surface area is 287 Å². The summed E-state index contributed by atoms with van der Waals surface area (Å²) in [7, 11) is 0. The molecule has 0 spiro atoms. The highest BCUT2D eigenvalue weighted by atomic mass is 35.5. The number of phenols is 1. The average Bonchev–Trinajstić information content (AvgIpc) is 3.42. The fraction of sp³-hybridized carbons (Fsp3) is 0.226. The van der Waals surface area contributed by atoms with E-state index in [1.54, 1.807) is 6.07 Å². The Morgan fingerprint density at radius 3 is 2.04 bits per heavy atom. The number of nitrogens with zero attached hydrogens (tertiary/aromatic N) is 4. The molecule has 3 heterocycles. The second-order valence-corrected chi connectivity index (χ2v) is 12.9. The molecule has 266 valence electrons. The molecule has 2 amide bonds. The summed E-state index contributed by atoms with van der Waals surface area (Å²) in [5, 5.41) is 11.0. The average molecular weight is 763 g/mol. The summed E-state index contributed by atoms with van der Waals surface area (Å²) in [6.45, 7) is -0.471. The third kappa shape index (κ3) is 4.61. The number of allylic oxidation sites excluding steroid dienone is 2. The van der Waals surface area contributed by atoms with Crippen LogP contribution in [0.25, 0.3) is 5.69 Å². The molecule has 2 fully saturated rings. The van der Waals surface area contributed by atoms with Crippen molar-refractivity contribution in [1.82, 2.24) is 13.9 Å². The Morgan fingerprint density at radius 1 is 0.824 bits per heavy atom. The topological polar surface area (TPSA) is 116 Å². The van der Waals surface area contributed by atoms with E-state index in [-0.39, 0.29) is 11.3 Å². The van der Waals surface area contributed by atoms with Crippen molar-refractivity contribution in [3.63, 3.8) is 0 Å². The van der Waals surface area contributed by atoms with Crippen molar-refractivity contribution in [3.8, 4) is 17.2 Å². The first-order valence-electron chi connectivity index (χ1n) is 14.4. The van der Waals surface area contributed by atoms with Gasteiger partial charge in [-0.1, -0.05) is 24.3 Å². The molecule has 1 aliphatic carbocycles. The zero-order valence-electron chi connectivity index (χ0n) is 24.8. The largest absolute Gasteiger partial charge is 0.573 e. The molecule has 1 aromatic heterocycles. The first kappa shape index (κ1) is 34.4. The second kappa shape index (κ2) is 11.2. The minimum absolute atomic E-state index is 0.0855. The molecule has 3 aromatic carbocycles. The molecule has 7 rings (SSSR count). The van der Waals surface area contributed by atoms with Gasteiger partial charge in [0, 0.05) is 17.9 Å². The molecule has 0 radical (unpaired) electrons. The lowest BCUT2D eigenvalue weighted by Gasteiger charge is -2.49. The molecule has 4 aromatic rings. The highest BCUT2D eigenvalue weighted by molar-refractivity contribution is 6.58. The Balaban J connectivity index is 1.51. The lowest BCUT2D eigenvalue weighted by molar-refractivity contribution is -0.274. The van der Waals surface area contributed by atoms with Gasteiger partial charge in [0.2, 0.25) is 5.82 Å². The molecule has 1 saturated heterocycles. The van der Waals surface area contributed by atoms with Gasteiger partial charge in [0.05, 0.1) is 18.3 Å². The molecule has 51 heavy (non-hydrogen) atoms. The van der Waals surface area contributed by atoms with Crippen molar-refractivity contribution in [2.75, 3.05) is 4.90 Å². The van der Waals surface area contributed by atoms with Crippen LogP contribution < -0.4 is 21.0 Å². The number of hydrogen-bond acceptors (Lipinski definition) is 6.